The second kappa shape index (κ2) is 15.8. The molecule has 3 aliphatic heterocycles. The summed E-state index contributed by atoms with van der Waals surface area (Å²) < 4.78 is 13.2. The predicted octanol–water partition coefficient (Wildman–Crippen LogP) is 12.1. The van der Waals surface area contributed by atoms with Gasteiger partial charge in [0.15, 0.2) is 5.65 Å². The van der Waals surface area contributed by atoms with E-state index in [1.807, 2.05) is 35.3 Å². The van der Waals surface area contributed by atoms with Gasteiger partial charge >= 0.3 is 5.97 Å². The fraction of sp³-hybridized carbons (Fsp3) is 0.137. The van der Waals surface area contributed by atoms with Crippen LogP contribution in [0.5, 0.6) is 0 Å². The van der Waals surface area contributed by atoms with Crippen LogP contribution in [-0.2, 0) is 9.47 Å². The van der Waals surface area contributed by atoms with E-state index in [0.29, 0.717) is 35.5 Å². The number of aromatic nitrogens is 4. The largest absolute Gasteiger partial charge is 0.462 e. The van der Waals surface area contributed by atoms with Crippen molar-refractivity contribution in [2.24, 2.45) is 0 Å². The molecule has 3 aromatic heterocycles. The summed E-state index contributed by atoms with van der Waals surface area (Å²) in [5.74, 6) is -0.507. The van der Waals surface area contributed by atoms with E-state index in [1.54, 1.807) is 37.4 Å². The summed E-state index contributed by atoms with van der Waals surface area (Å²) in [5, 5.41) is 13.6. The van der Waals surface area contributed by atoms with Gasteiger partial charge in [0, 0.05) is 54.3 Å². The van der Waals surface area contributed by atoms with Gasteiger partial charge < -0.3 is 25.8 Å². The Bertz CT molecular complexity index is 3240. The number of carbonyl (C=O) groups is 1. The normalized spacial score (nSPS) is 15.2. The number of fused-ring (bicyclic) bond motifs is 6. The number of benzene rings is 5. The SMILES string of the molecule is C=C(c1ccc2c(c1)Nc1ccccc1S2)c1cc(/C=C(/c2ccc3c(c2)Nc2ccccc2S3)c2cnc3c(cnn3C3CCOC3)c2)c2nc(C)c(C(=O)OCC)c(N)c2c1. The van der Waals surface area contributed by atoms with Gasteiger partial charge in [-0.3, -0.25) is 4.98 Å². The Morgan fingerprint density at radius 3 is 2.24 bits per heavy atom. The molecule has 310 valence electrons. The van der Waals surface area contributed by atoms with Crippen molar-refractivity contribution in [1.29, 1.82) is 0 Å². The Hall–Kier alpha value is -6.86. The standard InChI is InChI=1S/C51H41N7O3S2/c1-4-61-51(59)47-29(3)55-49-33(19-32(21-38(49)48(47)52)28(2)30-13-15-45-41(23-30)56-39-9-5-7-11-43(39)62-45)22-37(31-14-16-46-42(24-31)57-40-10-6-8-12-44(40)63-46)34-20-35-26-54-58(50(35)53-25-34)36-17-18-60-27-36/h5-16,19-26,36,56-57H,2,4,17-18,27H2,1,3H3,(H2,52,55)/b37-22-. The predicted molar refractivity (Wildman–Crippen MR) is 255 cm³/mol. The molecule has 0 saturated carbocycles. The van der Waals surface area contributed by atoms with Crippen molar-refractivity contribution in [2.75, 3.05) is 36.2 Å². The summed E-state index contributed by atoms with van der Waals surface area (Å²) in [5.41, 5.74) is 19.8. The van der Waals surface area contributed by atoms with Crippen LogP contribution in [-0.4, -0.2) is 45.5 Å². The molecule has 63 heavy (non-hydrogen) atoms. The molecule has 0 bridgehead atoms. The molecule has 10 nitrogen and oxygen atoms in total. The summed E-state index contributed by atoms with van der Waals surface area (Å²) in [7, 11) is 0. The molecule has 0 amide bonds. The van der Waals surface area contributed by atoms with Crippen LogP contribution in [0.25, 0.3) is 39.2 Å². The molecule has 1 atom stereocenters. The Labute approximate surface area is 372 Å². The number of carbonyl (C=O) groups excluding carboxylic acids is 1. The first kappa shape index (κ1) is 39.0. The minimum atomic E-state index is -0.507. The Kier molecular flexibility index (Phi) is 9.79. The van der Waals surface area contributed by atoms with E-state index in [2.05, 4.69) is 108 Å². The van der Waals surface area contributed by atoms with Gasteiger partial charge in [-0.15, -0.1) is 0 Å². The number of anilines is 5. The van der Waals surface area contributed by atoms with Crippen molar-refractivity contribution in [1.82, 2.24) is 19.7 Å². The highest BCUT2D eigenvalue weighted by Gasteiger charge is 2.25. The van der Waals surface area contributed by atoms with Crippen molar-refractivity contribution in [2.45, 2.75) is 45.9 Å². The molecule has 0 spiro atoms. The number of hydrogen-bond donors (Lipinski definition) is 3. The zero-order valence-corrected chi connectivity index (χ0v) is 36.2. The van der Waals surface area contributed by atoms with Crippen LogP contribution in [0.1, 0.15) is 63.3 Å². The average molecular weight is 864 g/mol. The van der Waals surface area contributed by atoms with Crippen LogP contribution >= 0.6 is 23.5 Å². The summed E-state index contributed by atoms with van der Waals surface area (Å²) in [6.07, 6.45) is 6.86. The molecule has 6 heterocycles. The van der Waals surface area contributed by atoms with Crippen LogP contribution in [0.3, 0.4) is 0 Å². The van der Waals surface area contributed by atoms with E-state index in [-0.39, 0.29) is 18.2 Å². The van der Waals surface area contributed by atoms with Crippen molar-refractivity contribution in [3.8, 4) is 0 Å². The summed E-state index contributed by atoms with van der Waals surface area (Å²) in [6.45, 7) is 9.78. The van der Waals surface area contributed by atoms with Crippen molar-refractivity contribution < 1.29 is 14.3 Å². The molecule has 8 aromatic rings. The van der Waals surface area contributed by atoms with E-state index in [0.717, 1.165) is 89.0 Å². The molecule has 1 unspecified atom stereocenters. The fourth-order valence-corrected chi connectivity index (χ4v) is 10.6. The second-order valence-electron chi connectivity index (χ2n) is 15.8. The maximum atomic E-state index is 13.4. The second-order valence-corrected chi connectivity index (χ2v) is 18.0. The number of para-hydroxylation sites is 2. The molecule has 4 N–H and O–H groups in total. The smallest absolute Gasteiger partial charge is 0.342 e. The van der Waals surface area contributed by atoms with Crippen LogP contribution in [0.4, 0.5) is 28.4 Å². The van der Waals surface area contributed by atoms with Crippen LogP contribution in [0, 0.1) is 6.92 Å². The first-order valence-electron chi connectivity index (χ1n) is 20.9. The molecule has 1 saturated heterocycles. The molecular weight excluding hydrogens is 823 g/mol. The number of ether oxygens (including phenoxy) is 2. The lowest BCUT2D eigenvalue weighted by Crippen LogP contribution is -2.12. The first-order valence-corrected chi connectivity index (χ1v) is 22.5. The van der Waals surface area contributed by atoms with E-state index < -0.39 is 5.97 Å². The monoisotopic (exact) mass is 863 g/mol. The zero-order chi connectivity index (χ0) is 42.8. The quantitative estimate of drug-likeness (QED) is 0.0997. The Balaban J connectivity index is 1.10. The van der Waals surface area contributed by atoms with Crippen LogP contribution < -0.4 is 16.4 Å². The Morgan fingerprint density at radius 2 is 1.54 bits per heavy atom. The van der Waals surface area contributed by atoms with Crippen LogP contribution in [0.2, 0.25) is 0 Å². The molecule has 11 rings (SSSR count). The molecule has 3 aliphatic rings. The van der Waals surface area contributed by atoms with Gasteiger partial charge in [-0.2, -0.15) is 5.10 Å². The van der Waals surface area contributed by atoms with Gasteiger partial charge in [-0.1, -0.05) is 66.5 Å². The third-order valence-electron chi connectivity index (χ3n) is 11.8. The molecule has 1 fully saturated rings. The number of hydrogen-bond acceptors (Lipinski definition) is 11. The molecule has 5 aromatic carbocycles. The summed E-state index contributed by atoms with van der Waals surface area (Å²) in [6, 6.07) is 35.9. The molecule has 12 heteroatoms. The fourth-order valence-electron chi connectivity index (χ4n) is 8.64. The maximum Gasteiger partial charge on any atom is 0.342 e. The van der Waals surface area contributed by atoms with Gasteiger partial charge in [0.05, 0.1) is 65.1 Å². The third kappa shape index (κ3) is 7.00. The van der Waals surface area contributed by atoms with Gasteiger partial charge in [0.1, 0.15) is 5.56 Å². The zero-order valence-electron chi connectivity index (χ0n) is 34.6. The Morgan fingerprint density at radius 1 is 0.857 bits per heavy atom. The number of rotatable bonds is 8. The summed E-state index contributed by atoms with van der Waals surface area (Å²) >= 11 is 3.49. The lowest BCUT2D eigenvalue weighted by Gasteiger charge is -2.22. The summed E-state index contributed by atoms with van der Waals surface area (Å²) in [4.78, 5) is 28.2. The maximum absolute atomic E-state index is 13.4. The van der Waals surface area contributed by atoms with E-state index in [9.17, 15) is 4.79 Å². The minimum absolute atomic E-state index is 0.143. The molecule has 0 radical (unpaired) electrons. The minimum Gasteiger partial charge on any atom is -0.462 e. The highest BCUT2D eigenvalue weighted by molar-refractivity contribution is 8.00. The van der Waals surface area contributed by atoms with Gasteiger partial charge in [-0.05, 0) is 121 Å². The van der Waals surface area contributed by atoms with Gasteiger partial charge in [-0.25, -0.2) is 14.5 Å². The average Bonchev–Trinajstić information content (AvgIpc) is 3.99. The van der Waals surface area contributed by atoms with E-state index in [1.165, 1.54) is 9.79 Å². The van der Waals surface area contributed by atoms with E-state index in [4.69, 9.17) is 30.3 Å². The number of aryl methyl sites for hydroxylation is 1. The van der Waals surface area contributed by atoms with Gasteiger partial charge in [0.2, 0.25) is 0 Å². The van der Waals surface area contributed by atoms with Gasteiger partial charge in [0.25, 0.3) is 0 Å². The van der Waals surface area contributed by atoms with E-state index >= 15 is 0 Å². The number of nitrogens with one attached hydrogen (secondary N) is 2. The van der Waals surface area contributed by atoms with Crippen molar-refractivity contribution in [3.05, 3.63) is 161 Å². The highest BCUT2D eigenvalue weighted by atomic mass is 32.2. The number of nitrogens with two attached hydrogens (primary N) is 1. The third-order valence-corrected chi connectivity index (χ3v) is 14.1. The highest BCUT2D eigenvalue weighted by Crippen LogP contribution is 2.47. The number of pyridine rings is 2. The van der Waals surface area contributed by atoms with Crippen LogP contribution in [0.15, 0.2) is 142 Å². The lowest BCUT2D eigenvalue weighted by molar-refractivity contribution is 0.0526. The number of esters is 1. The molecule has 0 aliphatic carbocycles. The first-order chi connectivity index (χ1) is 30.8. The lowest BCUT2D eigenvalue weighted by atomic mass is 9.91. The molecular formula is C51H41N7O3S2. The van der Waals surface area contributed by atoms with Crippen molar-refractivity contribution in [3.63, 3.8) is 0 Å². The number of nitrogens with zero attached hydrogens (tertiary/aromatic N) is 4. The topological polar surface area (TPSA) is 129 Å². The van der Waals surface area contributed by atoms with Crippen molar-refractivity contribution >= 4 is 97.1 Å². The number of nitrogen functional groups attached to an aromatic ring is 1.